The lowest BCUT2D eigenvalue weighted by atomic mass is 10.1. The van der Waals surface area contributed by atoms with Crippen LogP contribution in [0.15, 0.2) is 42.5 Å². The topological polar surface area (TPSA) is 54.0 Å². The van der Waals surface area contributed by atoms with E-state index in [-0.39, 0.29) is 11.9 Å². The standard InChI is InChI=1S/C16H19N3O/c1-11-6-4-9-16(17-11)18-12(2)14-7-5-8-15(10-14)19-13(3)20/h4-10,12H,1-3H3,(H,17,18)(H,19,20). The molecule has 4 heteroatoms. The van der Waals surface area contributed by atoms with Crippen LogP contribution in [0.4, 0.5) is 11.5 Å². The van der Waals surface area contributed by atoms with Gasteiger partial charge in [-0.2, -0.15) is 0 Å². The third kappa shape index (κ3) is 3.82. The van der Waals surface area contributed by atoms with Gasteiger partial charge in [0.05, 0.1) is 6.04 Å². The zero-order valence-corrected chi connectivity index (χ0v) is 12.0. The van der Waals surface area contributed by atoms with Crippen molar-refractivity contribution in [1.82, 2.24) is 4.98 Å². The smallest absolute Gasteiger partial charge is 0.221 e. The third-order valence-electron chi connectivity index (χ3n) is 2.96. The molecule has 1 atom stereocenters. The molecule has 2 rings (SSSR count). The number of nitrogens with one attached hydrogen (secondary N) is 2. The van der Waals surface area contributed by atoms with Crippen LogP contribution < -0.4 is 10.6 Å². The van der Waals surface area contributed by atoms with Crippen molar-refractivity contribution in [2.45, 2.75) is 26.8 Å². The zero-order chi connectivity index (χ0) is 14.5. The van der Waals surface area contributed by atoms with Crippen LogP contribution in [-0.2, 0) is 4.79 Å². The molecule has 104 valence electrons. The number of nitrogens with zero attached hydrogens (tertiary/aromatic N) is 1. The summed E-state index contributed by atoms with van der Waals surface area (Å²) in [7, 11) is 0. The summed E-state index contributed by atoms with van der Waals surface area (Å²) in [6.45, 7) is 5.54. The Morgan fingerprint density at radius 3 is 2.65 bits per heavy atom. The highest BCUT2D eigenvalue weighted by Gasteiger charge is 2.07. The van der Waals surface area contributed by atoms with Crippen LogP contribution in [-0.4, -0.2) is 10.9 Å². The largest absolute Gasteiger partial charge is 0.364 e. The molecule has 0 fully saturated rings. The minimum Gasteiger partial charge on any atom is -0.364 e. The van der Waals surface area contributed by atoms with Crippen LogP contribution in [0, 0.1) is 6.92 Å². The van der Waals surface area contributed by atoms with E-state index in [1.54, 1.807) is 0 Å². The Morgan fingerprint density at radius 1 is 1.20 bits per heavy atom. The number of anilines is 2. The maximum absolute atomic E-state index is 11.1. The molecule has 0 radical (unpaired) electrons. The molecule has 0 aliphatic rings. The van der Waals surface area contributed by atoms with Crippen molar-refractivity contribution in [1.29, 1.82) is 0 Å². The molecule has 0 aliphatic carbocycles. The molecule has 0 saturated carbocycles. The summed E-state index contributed by atoms with van der Waals surface area (Å²) in [5.41, 5.74) is 2.88. The fourth-order valence-electron chi connectivity index (χ4n) is 2.02. The SMILES string of the molecule is CC(=O)Nc1cccc(C(C)Nc2cccc(C)n2)c1. The molecule has 0 aliphatic heterocycles. The molecule has 2 aromatic rings. The van der Waals surface area contributed by atoms with Crippen LogP contribution in [0.2, 0.25) is 0 Å². The Hall–Kier alpha value is -2.36. The number of pyridine rings is 1. The number of aromatic nitrogens is 1. The summed E-state index contributed by atoms with van der Waals surface area (Å²) in [5, 5.41) is 6.15. The molecule has 20 heavy (non-hydrogen) atoms. The summed E-state index contributed by atoms with van der Waals surface area (Å²) < 4.78 is 0. The number of rotatable bonds is 4. The summed E-state index contributed by atoms with van der Waals surface area (Å²) in [6, 6.07) is 13.8. The first-order valence-electron chi connectivity index (χ1n) is 6.62. The molecule has 1 heterocycles. The predicted molar refractivity (Wildman–Crippen MR) is 81.8 cm³/mol. The van der Waals surface area contributed by atoms with Crippen molar-refractivity contribution in [3.05, 3.63) is 53.7 Å². The number of amides is 1. The van der Waals surface area contributed by atoms with Crippen LogP contribution in [0.5, 0.6) is 0 Å². The third-order valence-corrected chi connectivity index (χ3v) is 2.96. The van der Waals surface area contributed by atoms with E-state index in [0.717, 1.165) is 22.8 Å². The maximum atomic E-state index is 11.1. The van der Waals surface area contributed by atoms with E-state index >= 15 is 0 Å². The van der Waals surface area contributed by atoms with E-state index in [0.29, 0.717) is 0 Å². The van der Waals surface area contributed by atoms with Gasteiger partial charge in [0.15, 0.2) is 0 Å². The van der Waals surface area contributed by atoms with E-state index in [1.807, 2.05) is 49.4 Å². The number of hydrogen-bond acceptors (Lipinski definition) is 3. The average molecular weight is 269 g/mol. The first-order chi connectivity index (χ1) is 9.54. The first kappa shape index (κ1) is 14.1. The maximum Gasteiger partial charge on any atom is 0.221 e. The van der Waals surface area contributed by atoms with Gasteiger partial charge in [-0.05, 0) is 43.7 Å². The molecule has 1 aromatic heterocycles. The normalized spacial score (nSPS) is 11.8. The lowest BCUT2D eigenvalue weighted by Crippen LogP contribution is -2.10. The zero-order valence-electron chi connectivity index (χ0n) is 12.0. The van der Waals surface area contributed by atoms with Crippen molar-refractivity contribution < 1.29 is 4.79 Å². The Kier molecular flexibility index (Phi) is 4.35. The molecule has 4 nitrogen and oxygen atoms in total. The Labute approximate surface area is 119 Å². The highest BCUT2D eigenvalue weighted by molar-refractivity contribution is 5.88. The van der Waals surface area contributed by atoms with Gasteiger partial charge >= 0.3 is 0 Å². The van der Waals surface area contributed by atoms with Crippen molar-refractivity contribution in [3.63, 3.8) is 0 Å². The monoisotopic (exact) mass is 269 g/mol. The Bertz CT molecular complexity index is 610. The summed E-state index contributed by atoms with van der Waals surface area (Å²) in [4.78, 5) is 15.5. The Balaban J connectivity index is 2.12. The number of carbonyl (C=O) groups excluding carboxylic acids is 1. The van der Waals surface area contributed by atoms with Crippen molar-refractivity contribution in [2.24, 2.45) is 0 Å². The van der Waals surface area contributed by atoms with Gasteiger partial charge in [0.2, 0.25) is 5.91 Å². The van der Waals surface area contributed by atoms with Crippen LogP contribution >= 0.6 is 0 Å². The number of benzene rings is 1. The minimum absolute atomic E-state index is 0.0666. The van der Waals surface area contributed by atoms with Crippen LogP contribution in [0.25, 0.3) is 0 Å². The summed E-state index contributed by atoms with van der Waals surface area (Å²) in [5.74, 6) is 0.783. The second-order valence-electron chi connectivity index (χ2n) is 4.84. The lowest BCUT2D eigenvalue weighted by molar-refractivity contribution is -0.114. The Morgan fingerprint density at radius 2 is 1.95 bits per heavy atom. The molecular weight excluding hydrogens is 250 g/mol. The van der Waals surface area contributed by atoms with E-state index in [4.69, 9.17) is 0 Å². The quantitative estimate of drug-likeness (QED) is 0.893. The number of hydrogen-bond donors (Lipinski definition) is 2. The molecule has 1 amide bonds. The van der Waals surface area contributed by atoms with E-state index in [1.165, 1.54) is 6.92 Å². The lowest BCUT2D eigenvalue weighted by Gasteiger charge is -2.16. The second-order valence-corrected chi connectivity index (χ2v) is 4.84. The molecular formula is C16H19N3O. The van der Waals surface area contributed by atoms with Gasteiger partial charge in [-0.15, -0.1) is 0 Å². The molecule has 1 unspecified atom stereocenters. The second kappa shape index (κ2) is 6.19. The first-order valence-corrected chi connectivity index (χ1v) is 6.62. The van der Waals surface area contributed by atoms with Gasteiger partial charge in [0.25, 0.3) is 0 Å². The van der Waals surface area contributed by atoms with Crippen molar-refractivity contribution in [2.75, 3.05) is 10.6 Å². The highest BCUT2D eigenvalue weighted by Crippen LogP contribution is 2.21. The molecule has 0 saturated heterocycles. The molecule has 0 spiro atoms. The molecule has 2 N–H and O–H groups in total. The van der Waals surface area contributed by atoms with Crippen molar-refractivity contribution in [3.8, 4) is 0 Å². The van der Waals surface area contributed by atoms with Gasteiger partial charge in [-0.3, -0.25) is 4.79 Å². The fourth-order valence-corrected chi connectivity index (χ4v) is 2.02. The van der Waals surface area contributed by atoms with Gasteiger partial charge in [0, 0.05) is 18.3 Å². The van der Waals surface area contributed by atoms with Gasteiger partial charge in [0.1, 0.15) is 5.82 Å². The van der Waals surface area contributed by atoms with E-state index in [2.05, 4.69) is 22.5 Å². The molecule has 0 bridgehead atoms. The highest BCUT2D eigenvalue weighted by atomic mass is 16.1. The number of aryl methyl sites for hydroxylation is 1. The van der Waals surface area contributed by atoms with Crippen LogP contribution in [0.3, 0.4) is 0 Å². The number of carbonyl (C=O) groups is 1. The van der Waals surface area contributed by atoms with E-state index in [9.17, 15) is 4.79 Å². The van der Waals surface area contributed by atoms with E-state index < -0.39 is 0 Å². The summed E-state index contributed by atoms with van der Waals surface area (Å²) >= 11 is 0. The predicted octanol–water partition coefficient (Wildman–Crippen LogP) is 3.52. The van der Waals surface area contributed by atoms with Gasteiger partial charge in [-0.25, -0.2) is 4.98 Å². The van der Waals surface area contributed by atoms with Crippen molar-refractivity contribution >= 4 is 17.4 Å². The minimum atomic E-state index is -0.0666. The summed E-state index contributed by atoms with van der Waals surface area (Å²) in [6.07, 6.45) is 0. The molecule has 1 aromatic carbocycles. The average Bonchev–Trinajstić information content (AvgIpc) is 2.38. The van der Waals surface area contributed by atoms with Gasteiger partial charge in [-0.1, -0.05) is 18.2 Å². The fraction of sp³-hybridized carbons (Fsp3) is 0.250. The van der Waals surface area contributed by atoms with Gasteiger partial charge < -0.3 is 10.6 Å². The van der Waals surface area contributed by atoms with Crippen LogP contribution in [0.1, 0.15) is 31.1 Å².